The monoisotopic (exact) mass is 251 g/mol. The summed E-state index contributed by atoms with van der Waals surface area (Å²) in [5.74, 6) is 0.859. The van der Waals surface area contributed by atoms with Crippen LogP contribution in [0.4, 0.5) is 0 Å². The van der Waals surface area contributed by atoms with Crippen LogP contribution in [0.2, 0.25) is 0 Å². The highest BCUT2D eigenvalue weighted by Crippen LogP contribution is 2.09. The van der Waals surface area contributed by atoms with E-state index >= 15 is 0 Å². The van der Waals surface area contributed by atoms with Gasteiger partial charge in [-0.3, -0.25) is 4.68 Å². The zero-order chi connectivity index (χ0) is 13.2. The van der Waals surface area contributed by atoms with E-state index in [1.165, 1.54) is 37.8 Å². The molecule has 1 rings (SSSR count). The van der Waals surface area contributed by atoms with Gasteiger partial charge in [0.05, 0.1) is 5.69 Å². The molecule has 18 heavy (non-hydrogen) atoms. The summed E-state index contributed by atoms with van der Waals surface area (Å²) < 4.78 is 2.05. The first-order chi connectivity index (χ1) is 8.74. The quantitative estimate of drug-likeness (QED) is 0.644. The zero-order valence-electron chi connectivity index (χ0n) is 12.3. The molecule has 0 radical (unpaired) electrons. The molecule has 0 aliphatic carbocycles. The fourth-order valence-corrected chi connectivity index (χ4v) is 2.17. The molecule has 0 aliphatic heterocycles. The molecule has 0 saturated carbocycles. The van der Waals surface area contributed by atoms with Crippen molar-refractivity contribution in [1.82, 2.24) is 15.1 Å². The molecule has 1 heterocycles. The second-order valence-corrected chi connectivity index (χ2v) is 5.41. The average molecular weight is 251 g/mol. The summed E-state index contributed by atoms with van der Waals surface area (Å²) in [6.45, 7) is 9.76. The van der Waals surface area contributed by atoms with Crippen LogP contribution in [0.5, 0.6) is 0 Å². The van der Waals surface area contributed by atoms with Crippen molar-refractivity contribution >= 4 is 0 Å². The van der Waals surface area contributed by atoms with Crippen LogP contribution in [0.3, 0.4) is 0 Å². The highest BCUT2D eigenvalue weighted by molar-refractivity contribution is 4.99. The van der Waals surface area contributed by atoms with Gasteiger partial charge in [-0.25, -0.2) is 0 Å². The molecule has 104 valence electrons. The highest BCUT2D eigenvalue weighted by Gasteiger charge is 1.99. The number of aromatic nitrogens is 2. The van der Waals surface area contributed by atoms with Gasteiger partial charge in [0.1, 0.15) is 0 Å². The molecule has 0 atom stereocenters. The summed E-state index contributed by atoms with van der Waals surface area (Å²) in [4.78, 5) is 0. The van der Waals surface area contributed by atoms with Crippen LogP contribution < -0.4 is 5.32 Å². The Bertz CT molecular complexity index is 304. The van der Waals surface area contributed by atoms with Crippen molar-refractivity contribution in [2.45, 2.75) is 66.0 Å². The van der Waals surface area contributed by atoms with E-state index in [2.05, 4.69) is 41.9 Å². The van der Waals surface area contributed by atoms with Crippen LogP contribution >= 0.6 is 0 Å². The van der Waals surface area contributed by atoms with Gasteiger partial charge < -0.3 is 5.32 Å². The molecule has 0 unspecified atom stereocenters. The Hall–Kier alpha value is -0.830. The highest BCUT2D eigenvalue weighted by atomic mass is 15.3. The van der Waals surface area contributed by atoms with E-state index < -0.39 is 0 Å². The van der Waals surface area contributed by atoms with Gasteiger partial charge in [0, 0.05) is 19.3 Å². The SMILES string of the molecule is CCn1nccc1CNCCCCCCC(C)C. The summed E-state index contributed by atoms with van der Waals surface area (Å²) in [6, 6.07) is 2.10. The number of nitrogens with one attached hydrogen (secondary N) is 1. The number of unbranched alkanes of at least 4 members (excludes halogenated alkanes) is 3. The van der Waals surface area contributed by atoms with Crippen LogP contribution in [0.15, 0.2) is 12.3 Å². The van der Waals surface area contributed by atoms with E-state index in [4.69, 9.17) is 0 Å². The van der Waals surface area contributed by atoms with Crippen LogP contribution in [0.25, 0.3) is 0 Å². The van der Waals surface area contributed by atoms with Crippen LogP contribution in [-0.2, 0) is 13.1 Å². The first-order valence-corrected chi connectivity index (χ1v) is 7.45. The minimum atomic E-state index is 0.859. The van der Waals surface area contributed by atoms with Crippen molar-refractivity contribution in [2.24, 2.45) is 5.92 Å². The molecule has 0 saturated heterocycles. The smallest absolute Gasteiger partial charge is 0.0521 e. The molecule has 0 aliphatic rings. The Kier molecular flexibility index (Phi) is 7.74. The lowest BCUT2D eigenvalue weighted by Gasteiger charge is -2.07. The first kappa shape index (κ1) is 15.2. The molecule has 0 amide bonds. The third-order valence-corrected chi connectivity index (χ3v) is 3.30. The van der Waals surface area contributed by atoms with Crippen molar-refractivity contribution in [3.8, 4) is 0 Å². The van der Waals surface area contributed by atoms with E-state index in [1.807, 2.05) is 6.20 Å². The summed E-state index contributed by atoms with van der Waals surface area (Å²) >= 11 is 0. The van der Waals surface area contributed by atoms with E-state index in [0.717, 1.165) is 25.6 Å². The first-order valence-electron chi connectivity index (χ1n) is 7.45. The molecule has 0 spiro atoms. The fourth-order valence-electron chi connectivity index (χ4n) is 2.17. The van der Waals surface area contributed by atoms with Crippen LogP contribution in [0.1, 0.15) is 58.6 Å². The van der Waals surface area contributed by atoms with Crippen molar-refractivity contribution in [3.63, 3.8) is 0 Å². The maximum Gasteiger partial charge on any atom is 0.0521 e. The second-order valence-electron chi connectivity index (χ2n) is 5.41. The predicted molar refractivity (Wildman–Crippen MR) is 77.5 cm³/mol. The largest absolute Gasteiger partial charge is 0.311 e. The Morgan fingerprint density at radius 3 is 2.72 bits per heavy atom. The third-order valence-electron chi connectivity index (χ3n) is 3.30. The summed E-state index contributed by atoms with van der Waals surface area (Å²) in [7, 11) is 0. The zero-order valence-corrected chi connectivity index (χ0v) is 12.3. The standard InChI is InChI=1S/C15H29N3/c1-4-18-15(10-12-17-18)13-16-11-8-6-5-7-9-14(2)3/h10,12,14,16H,4-9,11,13H2,1-3H3. The van der Waals surface area contributed by atoms with Gasteiger partial charge in [0.25, 0.3) is 0 Å². The number of rotatable bonds is 10. The summed E-state index contributed by atoms with van der Waals surface area (Å²) in [5.41, 5.74) is 1.29. The molecule has 1 aromatic rings. The van der Waals surface area contributed by atoms with Crippen LogP contribution in [-0.4, -0.2) is 16.3 Å². The molecule has 3 nitrogen and oxygen atoms in total. The summed E-state index contributed by atoms with van der Waals surface area (Å²) in [5, 5.41) is 7.77. The number of hydrogen-bond acceptors (Lipinski definition) is 2. The van der Waals surface area contributed by atoms with Crippen molar-refractivity contribution in [3.05, 3.63) is 18.0 Å². The average Bonchev–Trinajstić information content (AvgIpc) is 2.79. The molecule has 0 aromatic carbocycles. The normalized spacial score (nSPS) is 11.3. The van der Waals surface area contributed by atoms with Gasteiger partial charge in [-0.15, -0.1) is 0 Å². The van der Waals surface area contributed by atoms with E-state index in [9.17, 15) is 0 Å². The van der Waals surface area contributed by atoms with Crippen molar-refractivity contribution < 1.29 is 0 Å². The molecule has 3 heteroatoms. The Morgan fingerprint density at radius 1 is 1.22 bits per heavy atom. The third kappa shape index (κ3) is 6.20. The maximum absolute atomic E-state index is 4.27. The van der Waals surface area contributed by atoms with Crippen molar-refractivity contribution in [1.29, 1.82) is 0 Å². The van der Waals surface area contributed by atoms with E-state index in [1.54, 1.807) is 0 Å². The second kappa shape index (κ2) is 9.15. The minimum absolute atomic E-state index is 0.859. The fraction of sp³-hybridized carbons (Fsp3) is 0.800. The molecule has 0 fully saturated rings. The van der Waals surface area contributed by atoms with Gasteiger partial charge in [0.15, 0.2) is 0 Å². The van der Waals surface area contributed by atoms with Gasteiger partial charge in [-0.05, 0) is 31.9 Å². The topological polar surface area (TPSA) is 29.9 Å². The Balaban J connectivity index is 1.96. The molecule has 1 N–H and O–H groups in total. The minimum Gasteiger partial charge on any atom is -0.311 e. The number of hydrogen-bond donors (Lipinski definition) is 1. The lowest BCUT2D eigenvalue weighted by molar-refractivity contribution is 0.508. The van der Waals surface area contributed by atoms with Gasteiger partial charge in [-0.1, -0.05) is 39.5 Å². The lowest BCUT2D eigenvalue weighted by Crippen LogP contribution is -2.17. The van der Waals surface area contributed by atoms with Gasteiger partial charge in [-0.2, -0.15) is 5.10 Å². The molecular weight excluding hydrogens is 222 g/mol. The van der Waals surface area contributed by atoms with Gasteiger partial charge >= 0.3 is 0 Å². The van der Waals surface area contributed by atoms with Crippen molar-refractivity contribution in [2.75, 3.05) is 6.54 Å². The summed E-state index contributed by atoms with van der Waals surface area (Å²) in [6.07, 6.45) is 8.67. The van der Waals surface area contributed by atoms with Crippen LogP contribution in [0, 0.1) is 5.92 Å². The van der Waals surface area contributed by atoms with E-state index in [0.29, 0.717) is 0 Å². The Labute approximate surface area is 112 Å². The van der Waals surface area contributed by atoms with Gasteiger partial charge in [0.2, 0.25) is 0 Å². The number of nitrogens with zero attached hydrogens (tertiary/aromatic N) is 2. The predicted octanol–water partition coefficient (Wildman–Crippen LogP) is 3.60. The molecular formula is C15H29N3. The number of aryl methyl sites for hydroxylation is 1. The maximum atomic E-state index is 4.27. The Morgan fingerprint density at radius 2 is 2.00 bits per heavy atom. The molecule has 0 bridgehead atoms. The lowest BCUT2D eigenvalue weighted by atomic mass is 10.0. The van der Waals surface area contributed by atoms with E-state index in [-0.39, 0.29) is 0 Å². The molecule has 1 aromatic heterocycles.